The summed E-state index contributed by atoms with van der Waals surface area (Å²) in [7, 11) is 0. The molecule has 0 atom stereocenters. The Kier molecular flexibility index (Phi) is 3.09. The first-order valence-electron chi connectivity index (χ1n) is 4.07. The minimum Gasteiger partial charge on any atom is -0.154 e. The summed E-state index contributed by atoms with van der Waals surface area (Å²) in [5, 5.41) is 9.34. The number of hydrogen-bond donors (Lipinski definition) is 0. The number of nitrogens with zero attached hydrogens (tertiary/aromatic N) is 2. The zero-order chi connectivity index (χ0) is 9.14. The van der Waals surface area contributed by atoms with E-state index in [1.54, 1.807) is 11.8 Å². The van der Waals surface area contributed by atoms with Crippen LogP contribution in [0.3, 0.4) is 0 Å². The van der Waals surface area contributed by atoms with Crippen molar-refractivity contribution in [3.63, 3.8) is 0 Å². The van der Waals surface area contributed by atoms with E-state index in [2.05, 4.69) is 31.0 Å². The van der Waals surface area contributed by atoms with Crippen molar-refractivity contribution >= 4 is 11.8 Å². The van der Waals surface area contributed by atoms with E-state index in [0.717, 1.165) is 17.1 Å². The van der Waals surface area contributed by atoms with Crippen LogP contribution in [0.15, 0.2) is 5.03 Å². The highest BCUT2D eigenvalue weighted by Crippen LogP contribution is 2.20. The van der Waals surface area contributed by atoms with Gasteiger partial charge in [0.1, 0.15) is 5.03 Å². The third kappa shape index (κ3) is 1.61. The molecule has 12 heavy (non-hydrogen) atoms. The van der Waals surface area contributed by atoms with Gasteiger partial charge >= 0.3 is 0 Å². The second-order valence-electron chi connectivity index (χ2n) is 2.76. The first-order valence-corrected chi connectivity index (χ1v) is 5.29. The van der Waals surface area contributed by atoms with Crippen molar-refractivity contribution in [3.05, 3.63) is 16.8 Å². The van der Waals surface area contributed by atoms with Crippen LogP contribution < -0.4 is 0 Å². The normalized spacial score (nSPS) is 10.3. The van der Waals surface area contributed by atoms with Crippen molar-refractivity contribution in [2.75, 3.05) is 6.26 Å². The number of aryl methyl sites for hydroxylation is 1. The van der Waals surface area contributed by atoms with E-state index in [9.17, 15) is 0 Å². The summed E-state index contributed by atoms with van der Waals surface area (Å²) in [5.74, 6) is 0. The monoisotopic (exact) mass is 182 g/mol. The van der Waals surface area contributed by atoms with Crippen LogP contribution in [0.5, 0.6) is 0 Å². The molecule has 1 aromatic heterocycles. The molecule has 3 heteroatoms. The van der Waals surface area contributed by atoms with Gasteiger partial charge in [-0.05, 0) is 37.7 Å². The summed E-state index contributed by atoms with van der Waals surface area (Å²) < 4.78 is 0. The highest BCUT2D eigenvalue weighted by molar-refractivity contribution is 7.98. The van der Waals surface area contributed by atoms with Crippen LogP contribution in [-0.4, -0.2) is 16.5 Å². The molecule has 0 N–H and O–H groups in total. The van der Waals surface area contributed by atoms with Gasteiger partial charge < -0.3 is 0 Å². The van der Waals surface area contributed by atoms with Gasteiger partial charge in [-0.15, -0.1) is 16.9 Å². The summed E-state index contributed by atoms with van der Waals surface area (Å²) in [4.78, 5) is 0. The van der Waals surface area contributed by atoms with Crippen molar-refractivity contribution in [1.29, 1.82) is 0 Å². The van der Waals surface area contributed by atoms with Crippen LogP contribution in [-0.2, 0) is 6.42 Å². The van der Waals surface area contributed by atoms with E-state index in [0.29, 0.717) is 0 Å². The van der Waals surface area contributed by atoms with Crippen molar-refractivity contribution in [2.45, 2.75) is 32.2 Å². The Morgan fingerprint density at radius 3 is 2.33 bits per heavy atom. The minimum absolute atomic E-state index is 0.967. The Hall–Kier alpha value is -0.570. The highest BCUT2D eigenvalue weighted by atomic mass is 32.2. The number of aromatic nitrogens is 2. The van der Waals surface area contributed by atoms with E-state index in [4.69, 9.17) is 0 Å². The maximum Gasteiger partial charge on any atom is 0.122 e. The summed E-state index contributed by atoms with van der Waals surface area (Å²) >= 11 is 1.66. The molecule has 1 aromatic rings. The molecule has 0 aliphatic heterocycles. The average Bonchev–Trinajstić information content (AvgIpc) is 2.10. The van der Waals surface area contributed by atoms with Gasteiger partial charge in [-0.3, -0.25) is 0 Å². The maximum atomic E-state index is 4.16. The Bertz CT molecular complexity index is 255. The van der Waals surface area contributed by atoms with Crippen molar-refractivity contribution in [3.8, 4) is 0 Å². The van der Waals surface area contributed by atoms with Crippen LogP contribution in [0.25, 0.3) is 0 Å². The van der Waals surface area contributed by atoms with E-state index in [1.807, 2.05) is 6.26 Å². The van der Waals surface area contributed by atoms with Gasteiger partial charge in [0, 0.05) is 0 Å². The van der Waals surface area contributed by atoms with Crippen LogP contribution in [0.2, 0.25) is 0 Å². The molecule has 0 saturated heterocycles. The molecule has 1 rings (SSSR count). The molecule has 0 spiro atoms. The SMILES string of the molecule is CCc1nnc(SC)c(C)c1C. The Balaban J connectivity index is 3.20. The van der Waals surface area contributed by atoms with Gasteiger partial charge in [-0.1, -0.05) is 6.92 Å². The topological polar surface area (TPSA) is 25.8 Å². The second kappa shape index (κ2) is 3.90. The molecule has 0 fully saturated rings. The largest absolute Gasteiger partial charge is 0.154 e. The zero-order valence-electron chi connectivity index (χ0n) is 8.01. The number of rotatable bonds is 2. The van der Waals surface area contributed by atoms with Crippen molar-refractivity contribution in [2.24, 2.45) is 0 Å². The fourth-order valence-corrected chi connectivity index (χ4v) is 1.74. The lowest BCUT2D eigenvalue weighted by Gasteiger charge is -2.07. The van der Waals surface area contributed by atoms with E-state index in [-0.39, 0.29) is 0 Å². The summed E-state index contributed by atoms with van der Waals surface area (Å²) in [6.45, 7) is 6.33. The maximum absolute atomic E-state index is 4.16. The number of thioether (sulfide) groups is 1. The standard InChI is InChI=1S/C9H14N2S/c1-5-8-6(2)7(3)9(12-4)11-10-8/h5H2,1-4H3. The summed E-state index contributed by atoms with van der Waals surface area (Å²) in [5.41, 5.74) is 3.68. The average molecular weight is 182 g/mol. The van der Waals surface area contributed by atoms with E-state index < -0.39 is 0 Å². The van der Waals surface area contributed by atoms with E-state index in [1.165, 1.54) is 11.1 Å². The van der Waals surface area contributed by atoms with E-state index >= 15 is 0 Å². The van der Waals surface area contributed by atoms with Crippen molar-refractivity contribution in [1.82, 2.24) is 10.2 Å². The van der Waals surface area contributed by atoms with Crippen LogP contribution in [0.4, 0.5) is 0 Å². The molecule has 0 bridgehead atoms. The first kappa shape index (κ1) is 9.52. The number of hydrogen-bond acceptors (Lipinski definition) is 3. The molecule has 1 heterocycles. The summed E-state index contributed by atoms with van der Waals surface area (Å²) in [6.07, 6.45) is 3.00. The smallest absolute Gasteiger partial charge is 0.122 e. The first-order chi connectivity index (χ1) is 5.70. The predicted molar refractivity (Wildman–Crippen MR) is 52.7 cm³/mol. The third-order valence-electron chi connectivity index (χ3n) is 2.11. The molecule has 0 saturated carbocycles. The molecular weight excluding hydrogens is 168 g/mol. The predicted octanol–water partition coefficient (Wildman–Crippen LogP) is 2.38. The molecule has 66 valence electrons. The van der Waals surface area contributed by atoms with Crippen molar-refractivity contribution < 1.29 is 0 Å². The molecule has 0 aliphatic carbocycles. The zero-order valence-corrected chi connectivity index (χ0v) is 8.83. The van der Waals surface area contributed by atoms with Gasteiger partial charge in [-0.2, -0.15) is 5.10 Å². The van der Waals surface area contributed by atoms with Gasteiger partial charge in [0.05, 0.1) is 5.69 Å². The van der Waals surface area contributed by atoms with Gasteiger partial charge in [0.15, 0.2) is 0 Å². The quantitative estimate of drug-likeness (QED) is 0.657. The van der Waals surface area contributed by atoms with Gasteiger partial charge in [0.2, 0.25) is 0 Å². The molecule has 0 radical (unpaired) electrons. The fourth-order valence-electron chi connectivity index (χ4n) is 1.16. The lowest BCUT2D eigenvalue weighted by atomic mass is 10.1. The Morgan fingerprint density at radius 2 is 1.83 bits per heavy atom. The summed E-state index contributed by atoms with van der Waals surface area (Å²) in [6, 6.07) is 0. The third-order valence-corrected chi connectivity index (χ3v) is 2.88. The Labute approximate surface area is 77.8 Å². The van der Waals surface area contributed by atoms with Gasteiger partial charge in [0.25, 0.3) is 0 Å². The molecular formula is C9H14N2S. The molecule has 0 aliphatic rings. The molecule has 0 unspecified atom stereocenters. The minimum atomic E-state index is 0.967. The lowest BCUT2D eigenvalue weighted by molar-refractivity contribution is 0.825. The van der Waals surface area contributed by atoms with Gasteiger partial charge in [-0.25, -0.2) is 0 Å². The Morgan fingerprint density at radius 1 is 1.17 bits per heavy atom. The van der Waals surface area contributed by atoms with Crippen LogP contribution >= 0.6 is 11.8 Å². The second-order valence-corrected chi connectivity index (χ2v) is 3.55. The molecule has 2 nitrogen and oxygen atoms in total. The van der Waals surface area contributed by atoms with Crippen LogP contribution in [0, 0.1) is 13.8 Å². The van der Waals surface area contributed by atoms with Crippen LogP contribution in [0.1, 0.15) is 23.7 Å². The molecule has 0 aromatic carbocycles. The molecule has 0 amide bonds. The highest BCUT2D eigenvalue weighted by Gasteiger charge is 2.06. The fraction of sp³-hybridized carbons (Fsp3) is 0.556. The lowest BCUT2D eigenvalue weighted by Crippen LogP contribution is -2.00.